The summed E-state index contributed by atoms with van der Waals surface area (Å²) in [6.45, 7) is 7.48. The molecule has 2 saturated carbocycles. The van der Waals surface area contributed by atoms with Gasteiger partial charge in [0, 0.05) is 18.9 Å². The zero-order valence-electron chi connectivity index (χ0n) is 11.1. The summed E-state index contributed by atoms with van der Waals surface area (Å²) in [6, 6.07) is 0. The van der Waals surface area contributed by atoms with Crippen molar-refractivity contribution in [1.82, 2.24) is 0 Å². The Labute approximate surface area is 103 Å². The number of hydrogen-bond donors (Lipinski definition) is 0. The van der Waals surface area contributed by atoms with E-state index in [1.54, 1.807) is 0 Å². The molecule has 3 rings (SSSR count). The molecule has 3 fully saturated rings. The second-order valence-corrected chi connectivity index (χ2v) is 6.91. The summed E-state index contributed by atoms with van der Waals surface area (Å²) in [5.74, 6) is 1.06. The SMILES string of the molecule is CC(C)(C)/C=C1\[C@@H]2CCO[C@@]23CCCC(=O)[C@@H]13. The lowest BCUT2D eigenvalue weighted by molar-refractivity contribution is -0.153. The minimum Gasteiger partial charge on any atom is -0.373 e. The first-order chi connectivity index (χ1) is 7.94. The molecule has 0 amide bonds. The smallest absolute Gasteiger partial charge is 0.142 e. The fraction of sp³-hybridized carbons (Fsp3) is 0.800. The van der Waals surface area contributed by atoms with Gasteiger partial charge < -0.3 is 4.74 Å². The van der Waals surface area contributed by atoms with Crippen LogP contribution in [0, 0.1) is 17.3 Å². The van der Waals surface area contributed by atoms with Gasteiger partial charge in [0.15, 0.2) is 0 Å². The Kier molecular flexibility index (Phi) is 2.32. The zero-order chi connectivity index (χ0) is 12.3. The Morgan fingerprint density at radius 3 is 2.88 bits per heavy atom. The third kappa shape index (κ3) is 1.53. The molecule has 1 spiro atoms. The summed E-state index contributed by atoms with van der Waals surface area (Å²) in [5, 5.41) is 0. The van der Waals surface area contributed by atoms with Gasteiger partial charge >= 0.3 is 0 Å². The Morgan fingerprint density at radius 2 is 2.18 bits per heavy atom. The fourth-order valence-corrected chi connectivity index (χ4v) is 4.05. The van der Waals surface area contributed by atoms with Gasteiger partial charge in [-0.25, -0.2) is 0 Å². The molecule has 1 heterocycles. The normalized spacial score (nSPS) is 43.2. The molecule has 1 aliphatic heterocycles. The van der Waals surface area contributed by atoms with Crippen molar-refractivity contribution < 1.29 is 9.53 Å². The van der Waals surface area contributed by atoms with Crippen LogP contribution in [-0.4, -0.2) is 18.0 Å². The van der Waals surface area contributed by atoms with Crippen LogP contribution in [0.4, 0.5) is 0 Å². The van der Waals surface area contributed by atoms with E-state index in [1.165, 1.54) is 5.57 Å². The van der Waals surface area contributed by atoms with Gasteiger partial charge in [-0.3, -0.25) is 4.79 Å². The predicted octanol–water partition coefficient (Wildman–Crippen LogP) is 3.12. The van der Waals surface area contributed by atoms with Crippen LogP contribution < -0.4 is 0 Å². The number of allylic oxidation sites excluding steroid dienone is 1. The number of hydrogen-bond acceptors (Lipinski definition) is 2. The van der Waals surface area contributed by atoms with Gasteiger partial charge in [-0.2, -0.15) is 0 Å². The van der Waals surface area contributed by atoms with Crippen molar-refractivity contribution in [3.63, 3.8) is 0 Å². The van der Waals surface area contributed by atoms with Crippen LogP contribution in [0.2, 0.25) is 0 Å². The van der Waals surface area contributed by atoms with Crippen LogP contribution in [0.25, 0.3) is 0 Å². The third-order valence-electron chi connectivity index (χ3n) is 4.50. The van der Waals surface area contributed by atoms with Gasteiger partial charge in [0.2, 0.25) is 0 Å². The van der Waals surface area contributed by atoms with Crippen molar-refractivity contribution >= 4 is 5.78 Å². The molecule has 0 aromatic carbocycles. The van der Waals surface area contributed by atoms with Crippen LogP contribution >= 0.6 is 0 Å². The quantitative estimate of drug-likeness (QED) is 0.602. The largest absolute Gasteiger partial charge is 0.373 e. The molecule has 2 nitrogen and oxygen atoms in total. The molecule has 0 bridgehead atoms. The third-order valence-corrected chi connectivity index (χ3v) is 4.50. The Hall–Kier alpha value is -0.630. The molecule has 3 aliphatic rings. The monoisotopic (exact) mass is 234 g/mol. The molecular weight excluding hydrogens is 212 g/mol. The second-order valence-electron chi connectivity index (χ2n) is 6.91. The zero-order valence-corrected chi connectivity index (χ0v) is 11.1. The van der Waals surface area contributed by atoms with E-state index in [0.717, 1.165) is 32.3 Å². The summed E-state index contributed by atoms with van der Waals surface area (Å²) < 4.78 is 6.00. The molecule has 0 N–H and O–H groups in total. The van der Waals surface area contributed by atoms with Crippen molar-refractivity contribution in [2.75, 3.05) is 6.61 Å². The van der Waals surface area contributed by atoms with Crippen molar-refractivity contribution in [3.05, 3.63) is 11.6 Å². The molecule has 0 unspecified atom stereocenters. The first-order valence-corrected chi connectivity index (χ1v) is 6.83. The van der Waals surface area contributed by atoms with E-state index in [4.69, 9.17) is 4.74 Å². The van der Waals surface area contributed by atoms with E-state index >= 15 is 0 Å². The van der Waals surface area contributed by atoms with Gasteiger partial charge in [0.1, 0.15) is 5.78 Å². The summed E-state index contributed by atoms with van der Waals surface area (Å²) in [7, 11) is 0. The highest BCUT2D eigenvalue weighted by Gasteiger charge is 2.65. The Balaban J connectivity index is 1.98. The molecule has 2 heteroatoms. The first-order valence-electron chi connectivity index (χ1n) is 6.83. The predicted molar refractivity (Wildman–Crippen MR) is 66.7 cm³/mol. The average Bonchev–Trinajstić information content (AvgIpc) is 2.51. The summed E-state index contributed by atoms with van der Waals surface area (Å²) in [4.78, 5) is 12.2. The number of carbonyl (C=O) groups is 1. The molecule has 94 valence electrons. The molecule has 2 aliphatic carbocycles. The van der Waals surface area contributed by atoms with Crippen LogP contribution in [0.5, 0.6) is 0 Å². The first kappa shape index (κ1) is 11.5. The van der Waals surface area contributed by atoms with Gasteiger partial charge in [0.25, 0.3) is 0 Å². The number of ether oxygens (including phenoxy) is 1. The van der Waals surface area contributed by atoms with Crippen molar-refractivity contribution in [2.45, 2.75) is 52.1 Å². The highest BCUT2D eigenvalue weighted by atomic mass is 16.5. The lowest BCUT2D eigenvalue weighted by Crippen LogP contribution is -2.60. The molecule has 0 radical (unpaired) electrons. The maximum Gasteiger partial charge on any atom is 0.142 e. The lowest BCUT2D eigenvalue weighted by Gasteiger charge is -2.55. The van der Waals surface area contributed by atoms with Crippen LogP contribution in [-0.2, 0) is 9.53 Å². The van der Waals surface area contributed by atoms with E-state index in [1.807, 2.05) is 0 Å². The number of Topliss-reactive ketones (excluding diaryl/α,β-unsaturated/α-hetero) is 1. The number of rotatable bonds is 0. The fourth-order valence-electron chi connectivity index (χ4n) is 4.05. The highest BCUT2D eigenvalue weighted by Crippen LogP contribution is 2.61. The van der Waals surface area contributed by atoms with Crippen molar-refractivity contribution in [1.29, 1.82) is 0 Å². The second kappa shape index (κ2) is 3.44. The molecule has 1 saturated heterocycles. The minimum atomic E-state index is -0.0770. The lowest BCUT2D eigenvalue weighted by atomic mass is 9.51. The van der Waals surface area contributed by atoms with Gasteiger partial charge in [-0.1, -0.05) is 32.4 Å². The summed E-state index contributed by atoms with van der Waals surface area (Å²) >= 11 is 0. The van der Waals surface area contributed by atoms with E-state index in [0.29, 0.717) is 11.7 Å². The van der Waals surface area contributed by atoms with E-state index in [2.05, 4.69) is 26.8 Å². The highest BCUT2D eigenvalue weighted by molar-refractivity contribution is 5.88. The van der Waals surface area contributed by atoms with Crippen LogP contribution in [0.3, 0.4) is 0 Å². The molecule has 3 atom stereocenters. The number of ketones is 1. The van der Waals surface area contributed by atoms with E-state index in [9.17, 15) is 4.79 Å². The topological polar surface area (TPSA) is 26.3 Å². The van der Waals surface area contributed by atoms with Crippen LogP contribution in [0.15, 0.2) is 11.6 Å². The summed E-state index contributed by atoms with van der Waals surface area (Å²) in [5.41, 5.74) is 1.48. The average molecular weight is 234 g/mol. The molecule has 0 aromatic heterocycles. The van der Waals surface area contributed by atoms with E-state index in [-0.39, 0.29) is 16.9 Å². The summed E-state index contributed by atoms with van der Waals surface area (Å²) in [6.07, 6.45) is 6.32. The Morgan fingerprint density at radius 1 is 1.41 bits per heavy atom. The maximum absolute atomic E-state index is 12.2. The molecule has 17 heavy (non-hydrogen) atoms. The number of carbonyl (C=O) groups excluding carboxylic acids is 1. The minimum absolute atomic E-state index is 0.0770. The standard InChI is InChI=1S/C15H22O2/c1-14(2,3)9-10-11-6-8-17-15(11)7-4-5-12(16)13(10)15/h9,11,13H,4-8H2,1-3H3/b10-9+/t11-,13+,15-/m0/s1. The van der Waals surface area contributed by atoms with E-state index < -0.39 is 0 Å². The molecular formula is C15H22O2. The van der Waals surface area contributed by atoms with Gasteiger partial charge in [0.05, 0.1) is 11.5 Å². The van der Waals surface area contributed by atoms with Crippen LogP contribution in [0.1, 0.15) is 46.5 Å². The van der Waals surface area contributed by atoms with Crippen molar-refractivity contribution in [3.8, 4) is 0 Å². The van der Waals surface area contributed by atoms with Gasteiger partial charge in [-0.15, -0.1) is 0 Å². The Bertz CT molecular complexity index is 388. The van der Waals surface area contributed by atoms with Gasteiger partial charge in [-0.05, 0) is 24.7 Å². The molecule has 0 aromatic rings. The van der Waals surface area contributed by atoms with Crippen molar-refractivity contribution in [2.24, 2.45) is 17.3 Å². The maximum atomic E-state index is 12.2.